The molecule has 2 rings (SSSR count). The van der Waals surface area contributed by atoms with Gasteiger partial charge in [0.25, 0.3) is 5.91 Å². The van der Waals surface area contributed by atoms with Crippen LogP contribution in [0.25, 0.3) is 0 Å². The summed E-state index contributed by atoms with van der Waals surface area (Å²) >= 11 is 6.00. The predicted molar refractivity (Wildman–Crippen MR) is 47.4 cm³/mol. The van der Waals surface area contributed by atoms with E-state index in [2.05, 4.69) is 5.32 Å². The molecule has 1 unspecified atom stereocenters. The van der Waals surface area contributed by atoms with Crippen LogP contribution in [0.4, 0.5) is 0 Å². The molecule has 0 fully saturated rings. The summed E-state index contributed by atoms with van der Waals surface area (Å²) in [6.45, 7) is 0.525. The lowest BCUT2D eigenvalue weighted by atomic mass is 10.0. The molecule has 0 spiro atoms. The molecule has 12 heavy (non-hydrogen) atoms. The second kappa shape index (κ2) is 2.79. The number of hydrogen-bond acceptors (Lipinski definition) is 1. The van der Waals surface area contributed by atoms with Crippen molar-refractivity contribution in [1.82, 2.24) is 5.32 Å². The van der Waals surface area contributed by atoms with Crippen LogP contribution in [-0.4, -0.2) is 12.5 Å². The van der Waals surface area contributed by atoms with Gasteiger partial charge >= 0.3 is 0 Å². The largest absolute Gasteiger partial charge is 0.350 e. The monoisotopic (exact) mass is 181 g/mol. The van der Waals surface area contributed by atoms with E-state index in [-0.39, 0.29) is 11.3 Å². The third kappa shape index (κ3) is 1.08. The molecule has 2 nitrogen and oxygen atoms in total. The Balaban J connectivity index is 2.55. The smallest absolute Gasteiger partial charge is 0.251 e. The van der Waals surface area contributed by atoms with Gasteiger partial charge in [0.1, 0.15) is 0 Å². The minimum absolute atomic E-state index is 0.0255. The van der Waals surface area contributed by atoms with Crippen molar-refractivity contribution < 1.29 is 4.79 Å². The molecule has 1 aromatic rings. The second-order valence-electron chi connectivity index (χ2n) is 2.76. The summed E-state index contributed by atoms with van der Waals surface area (Å²) in [6.07, 6.45) is 0. The molecule has 62 valence electrons. The van der Waals surface area contributed by atoms with Gasteiger partial charge in [0, 0.05) is 12.1 Å². The number of amides is 1. The van der Waals surface area contributed by atoms with Crippen molar-refractivity contribution in [1.29, 1.82) is 0 Å². The number of alkyl halides is 1. The Hall–Kier alpha value is -1.02. The first-order chi connectivity index (χ1) is 5.79. The van der Waals surface area contributed by atoms with Crippen LogP contribution in [-0.2, 0) is 0 Å². The van der Waals surface area contributed by atoms with Crippen molar-refractivity contribution in [2.24, 2.45) is 0 Å². The summed E-state index contributed by atoms with van der Waals surface area (Å²) in [7, 11) is 0. The molecule has 0 saturated carbocycles. The summed E-state index contributed by atoms with van der Waals surface area (Å²) in [6, 6.07) is 7.42. The molecule has 0 radical (unpaired) electrons. The van der Waals surface area contributed by atoms with Gasteiger partial charge in [0.15, 0.2) is 0 Å². The first kappa shape index (κ1) is 7.62. The van der Waals surface area contributed by atoms with Crippen LogP contribution in [0.1, 0.15) is 21.3 Å². The zero-order valence-electron chi connectivity index (χ0n) is 6.38. The van der Waals surface area contributed by atoms with Gasteiger partial charge in [-0.05, 0) is 11.6 Å². The Morgan fingerprint density at radius 3 is 2.92 bits per heavy atom. The van der Waals surface area contributed by atoms with Crippen molar-refractivity contribution >= 4 is 17.5 Å². The van der Waals surface area contributed by atoms with E-state index in [1.165, 1.54) is 0 Å². The number of rotatable bonds is 0. The van der Waals surface area contributed by atoms with Gasteiger partial charge in [-0.1, -0.05) is 18.2 Å². The maximum atomic E-state index is 11.3. The Morgan fingerprint density at radius 1 is 1.42 bits per heavy atom. The fourth-order valence-electron chi connectivity index (χ4n) is 1.36. The summed E-state index contributed by atoms with van der Waals surface area (Å²) < 4.78 is 0. The van der Waals surface area contributed by atoms with Gasteiger partial charge in [0.05, 0.1) is 5.38 Å². The molecule has 0 aliphatic carbocycles. The number of benzene rings is 1. The van der Waals surface area contributed by atoms with Crippen LogP contribution in [0.3, 0.4) is 0 Å². The summed E-state index contributed by atoms with van der Waals surface area (Å²) in [5, 5.41) is 2.63. The lowest BCUT2D eigenvalue weighted by Crippen LogP contribution is -2.33. The first-order valence-electron chi connectivity index (χ1n) is 3.80. The third-order valence-corrected chi connectivity index (χ3v) is 2.37. The maximum Gasteiger partial charge on any atom is 0.251 e. The van der Waals surface area contributed by atoms with Gasteiger partial charge < -0.3 is 5.32 Å². The fourth-order valence-corrected chi connectivity index (χ4v) is 1.63. The van der Waals surface area contributed by atoms with Crippen LogP contribution in [0.15, 0.2) is 24.3 Å². The highest BCUT2D eigenvalue weighted by molar-refractivity contribution is 6.22. The molecule has 1 atom stereocenters. The van der Waals surface area contributed by atoms with Crippen LogP contribution in [0.2, 0.25) is 0 Å². The lowest BCUT2D eigenvalue weighted by Gasteiger charge is -2.20. The molecule has 0 saturated heterocycles. The molecule has 1 aliphatic rings. The molecule has 0 bridgehead atoms. The molecule has 0 aromatic heterocycles. The van der Waals surface area contributed by atoms with Gasteiger partial charge in [-0.3, -0.25) is 4.79 Å². The van der Waals surface area contributed by atoms with E-state index in [0.717, 1.165) is 5.56 Å². The average molecular weight is 182 g/mol. The van der Waals surface area contributed by atoms with Gasteiger partial charge in [0.2, 0.25) is 0 Å². The van der Waals surface area contributed by atoms with Crippen LogP contribution >= 0.6 is 11.6 Å². The summed E-state index contributed by atoms with van der Waals surface area (Å²) in [4.78, 5) is 11.3. The minimum atomic E-state index is -0.0844. The first-order valence-corrected chi connectivity index (χ1v) is 4.24. The van der Waals surface area contributed by atoms with Crippen molar-refractivity contribution in [2.75, 3.05) is 6.54 Å². The van der Waals surface area contributed by atoms with E-state index in [9.17, 15) is 4.79 Å². The van der Waals surface area contributed by atoms with Gasteiger partial charge in [-0.15, -0.1) is 11.6 Å². The Labute approximate surface area is 75.5 Å². The van der Waals surface area contributed by atoms with Gasteiger partial charge in [-0.25, -0.2) is 0 Å². The van der Waals surface area contributed by atoms with E-state index in [0.29, 0.717) is 12.1 Å². The number of halogens is 1. The maximum absolute atomic E-state index is 11.3. The second-order valence-corrected chi connectivity index (χ2v) is 3.29. The molecular weight excluding hydrogens is 174 g/mol. The minimum Gasteiger partial charge on any atom is -0.350 e. The number of hydrogen-bond donors (Lipinski definition) is 1. The lowest BCUT2D eigenvalue weighted by molar-refractivity contribution is 0.0945. The number of nitrogens with one attached hydrogen (secondary N) is 1. The molecule has 1 N–H and O–H groups in total. The Kier molecular flexibility index (Phi) is 1.77. The number of carbonyl (C=O) groups excluding carboxylic acids is 1. The van der Waals surface area contributed by atoms with Gasteiger partial charge in [-0.2, -0.15) is 0 Å². The quantitative estimate of drug-likeness (QED) is 0.607. The SMILES string of the molecule is O=C1NCC(Cl)c2ccccc21. The summed E-state index contributed by atoms with van der Waals surface area (Å²) in [5.41, 5.74) is 1.63. The van der Waals surface area contributed by atoms with Crippen molar-refractivity contribution in [3.63, 3.8) is 0 Å². The third-order valence-electron chi connectivity index (χ3n) is 1.98. The van der Waals surface area contributed by atoms with Crippen molar-refractivity contribution in [2.45, 2.75) is 5.38 Å². The highest BCUT2D eigenvalue weighted by atomic mass is 35.5. The Bertz CT molecular complexity index is 324. The predicted octanol–water partition coefficient (Wildman–Crippen LogP) is 1.71. The molecule has 1 amide bonds. The highest BCUT2D eigenvalue weighted by Gasteiger charge is 2.22. The molecule has 3 heteroatoms. The standard InChI is InChI=1S/C9H8ClNO/c10-8-5-11-9(12)7-4-2-1-3-6(7)8/h1-4,8H,5H2,(H,11,12). The molecule has 1 aromatic carbocycles. The van der Waals surface area contributed by atoms with Crippen LogP contribution in [0.5, 0.6) is 0 Å². The van der Waals surface area contributed by atoms with E-state index in [4.69, 9.17) is 11.6 Å². The van der Waals surface area contributed by atoms with Crippen LogP contribution < -0.4 is 5.32 Å². The molecule has 1 heterocycles. The Morgan fingerprint density at radius 2 is 2.17 bits per heavy atom. The van der Waals surface area contributed by atoms with Crippen molar-refractivity contribution in [3.8, 4) is 0 Å². The fraction of sp³-hybridized carbons (Fsp3) is 0.222. The topological polar surface area (TPSA) is 29.1 Å². The highest BCUT2D eigenvalue weighted by Crippen LogP contribution is 2.26. The van der Waals surface area contributed by atoms with E-state index in [1.807, 2.05) is 18.2 Å². The van der Waals surface area contributed by atoms with Crippen molar-refractivity contribution in [3.05, 3.63) is 35.4 Å². The average Bonchev–Trinajstić information content (AvgIpc) is 2.12. The molecule has 1 aliphatic heterocycles. The van der Waals surface area contributed by atoms with Crippen LogP contribution in [0, 0.1) is 0 Å². The normalized spacial score (nSPS) is 21.4. The number of carbonyl (C=O) groups is 1. The van der Waals surface area contributed by atoms with E-state index in [1.54, 1.807) is 6.07 Å². The zero-order valence-corrected chi connectivity index (χ0v) is 7.14. The molecular formula is C9H8ClNO. The van der Waals surface area contributed by atoms with E-state index < -0.39 is 0 Å². The number of fused-ring (bicyclic) bond motifs is 1. The summed E-state index contributed by atoms with van der Waals surface area (Å²) in [5.74, 6) is -0.0255. The zero-order chi connectivity index (χ0) is 8.55. The van der Waals surface area contributed by atoms with E-state index >= 15 is 0 Å².